The summed E-state index contributed by atoms with van der Waals surface area (Å²) in [4.78, 5) is 0. The lowest BCUT2D eigenvalue weighted by Crippen LogP contribution is -2.29. The number of benzene rings is 5. The van der Waals surface area contributed by atoms with Gasteiger partial charge in [0.25, 0.3) is 0 Å². The van der Waals surface area contributed by atoms with Gasteiger partial charge in [-0.25, -0.2) is 0 Å². The van der Waals surface area contributed by atoms with Crippen LogP contribution in [0.15, 0.2) is 133 Å². The first kappa shape index (κ1) is 21.1. The zero-order chi connectivity index (χ0) is 24.1. The second kappa shape index (κ2) is 8.21. The second-order valence-electron chi connectivity index (χ2n) is 10.0. The van der Waals surface area contributed by atoms with E-state index in [1.165, 1.54) is 60.9 Å². The molecule has 5 aromatic carbocycles. The summed E-state index contributed by atoms with van der Waals surface area (Å²) >= 11 is 0. The summed E-state index contributed by atoms with van der Waals surface area (Å²) in [5.74, 6) is 0. The summed E-state index contributed by atoms with van der Waals surface area (Å²) < 4.78 is 0. The van der Waals surface area contributed by atoms with Gasteiger partial charge < -0.3 is 0 Å². The zero-order valence-electron chi connectivity index (χ0n) is 20.5. The summed E-state index contributed by atoms with van der Waals surface area (Å²) in [6, 6.07) is 40.6. The average molecular weight is 461 g/mol. The second-order valence-corrected chi connectivity index (χ2v) is 10.0. The normalized spacial score (nSPS) is 18.1. The summed E-state index contributed by atoms with van der Waals surface area (Å²) in [6.45, 7) is 2.24. The number of aryl methyl sites for hydroxylation is 1. The lowest BCUT2D eigenvalue weighted by Gasteiger charge is -2.36. The van der Waals surface area contributed by atoms with Gasteiger partial charge in [0.1, 0.15) is 0 Å². The smallest absolute Gasteiger partial charge is 0.0710 e. The first-order valence-corrected chi connectivity index (χ1v) is 12.9. The fraction of sp³-hybridized carbons (Fsp3) is 0.111. The van der Waals surface area contributed by atoms with E-state index < -0.39 is 0 Å². The van der Waals surface area contributed by atoms with Crippen LogP contribution in [0, 0.1) is 6.92 Å². The molecule has 0 aromatic heterocycles. The van der Waals surface area contributed by atoms with Gasteiger partial charge in [-0.1, -0.05) is 121 Å². The van der Waals surface area contributed by atoms with Crippen molar-refractivity contribution in [2.45, 2.75) is 25.2 Å². The lowest BCUT2D eigenvalue weighted by atomic mass is 9.66. The standard InChI is InChI=1S/C36H28/c1-25-20-21-26-12-8-9-17-30(26)35(25)27-22-23-32-31-18-10-11-19-33(31)36(34(32)24-27,28-13-4-2-5-14-28)29-15-6-3-7-16-29/h2,4-6,8-24H,3,7H2,1H3. The first-order chi connectivity index (χ1) is 17.8. The third-order valence-corrected chi connectivity index (χ3v) is 8.11. The maximum Gasteiger partial charge on any atom is 0.0710 e. The van der Waals surface area contributed by atoms with E-state index in [0.717, 1.165) is 12.8 Å². The van der Waals surface area contributed by atoms with Gasteiger partial charge in [-0.15, -0.1) is 0 Å². The molecule has 7 rings (SSSR count). The molecule has 0 fully saturated rings. The van der Waals surface area contributed by atoms with E-state index in [2.05, 4.69) is 134 Å². The van der Waals surface area contributed by atoms with Crippen molar-refractivity contribution in [1.82, 2.24) is 0 Å². The Balaban J connectivity index is 1.59. The van der Waals surface area contributed by atoms with Crippen molar-refractivity contribution >= 4 is 10.8 Å². The molecule has 2 aliphatic rings. The molecule has 0 bridgehead atoms. The number of hydrogen-bond acceptors (Lipinski definition) is 0. The molecule has 2 aliphatic carbocycles. The van der Waals surface area contributed by atoms with Crippen molar-refractivity contribution in [2.24, 2.45) is 0 Å². The van der Waals surface area contributed by atoms with Crippen molar-refractivity contribution < 1.29 is 0 Å². The Hall–Kier alpha value is -4.16. The minimum Gasteiger partial charge on any atom is -0.0839 e. The van der Waals surface area contributed by atoms with E-state index in [9.17, 15) is 0 Å². The van der Waals surface area contributed by atoms with Crippen molar-refractivity contribution in [3.8, 4) is 22.3 Å². The molecule has 0 radical (unpaired) electrons. The Morgan fingerprint density at radius 2 is 1.42 bits per heavy atom. The molecule has 0 N–H and O–H groups in total. The highest BCUT2D eigenvalue weighted by Crippen LogP contribution is 2.57. The molecule has 1 unspecified atom stereocenters. The van der Waals surface area contributed by atoms with Crippen LogP contribution in [0.5, 0.6) is 0 Å². The van der Waals surface area contributed by atoms with Gasteiger partial charge in [-0.05, 0) is 86.7 Å². The van der Waals surface area contributed by atoms with E-state index in [1.54, 1.807) is 0 Å². The van der Waals surface area contributed by atoms with Crippen LogP contribution in [0.2, 0.25) is 0 Å². The van der Waals surface area contributed by atoms with Crippen molar-refractivity contribution in [3.63, 3.8) is 0 Å². The van der Waals surface area contributed by atoms with Gasteiger partial charge in [-0.2, -0.15) is 0 Å². The molecule has 36 heavy (non-hydrogen) atoms. The van der Waals surface area contributed by atoms with Crippen LogP contribution in [0.3, 0.4) is 0 Å². The number of hydrogen-bond donors (Lipinski definition) is 0. The predicted octanol–water partition coefficient (Wildman–Crippen LogP) is 9.41. The molecular formula is C36H28. The minimum absolute atomic E-state index is 0.321. The molecule has 1 atom stereocenters. The largest absolute Gasteiger partial charge is 0.0839 e. The van der Waals surface area contributed by atoms with Crippen LogP contribution in [-0.4, -0.2) is 0 Å². The van der Waals surface area contributed by atoms with Crippen LogP contribution in [0.25, 0.3) is 33.0 Å². The molecule has 0 aliphatic heterocycles. The Morgan fingerprint density at radius 3 is 2.28 bits per heavy atom. The van der Waals surface area contributed by atoms with Crippen molar-refractivity contribution in [1.29, 1.82) is 0 Å². The number of fused-ring (bicyclic) bond motifs is 4. The van der Waals surface area contributed by atoms with Gasteiger partial charge >= 0.3 is 0 Å². The van der Waals surface area contributed by atoms with Crippen LogP contribution in [0.4, 0.5) is 0 Å². The van der Waals surface area contributed by atoms with Gasteiger partial charge in [0, 0.05) is 0 Å². The molecule has 0 spiro atoms. The quantitative estimate of drug-likeness (QED) is 0.251. The molecule has 0 saturated heterocycles. The molecular weight excluding hydrogens is 432 g/mol. The molecule has 0 nitrogen and oxygen atoms in total. The fourth-order valence-corrected chi connectivity index (χ4v) is 6.57. The van der Waals surface area contributed by atoms with Crippen LogP contribution < -0.4 is 0 Å². The van der Waals surface area contributed by atoms with Crippen LogP contribution in [0.1, 0.15) is 35.1 Å². The highest BCUT2D eigenvalue weighted by Gasteiger charge is 2.46. The Kier molecular flexibility index (Phi) is 4.82. The average Bonchev–Trinajstić information content (AvgIpc) is 3.24. The zero-order valence-corrected chi connectivity index (χ0v) is 20.5. The maximum absolute atomic E-state index is 2.49. The number of rotatable bonds is 3. The third kappa shape index (κ3) is 2.94. The van der Waals surface area contributed by atoms with Gasteiger partial charge in [-0.3, -0.25) is 0 Å². The predicted molar refractivity (Wildman–Crippen MR) is 152 cm³/mol. The maximum atomic E-state index is 2.49. The third-order valence-electron chi connectivity index (χ3n) is 8.11. The van der Waals surface area contributed by atoms with Gasteiger partial charge in [0.2, 0.25) is 0 Å². The molecule has 5 aromatic rings. The van der Waals surface area contributed by atoms with E-state index >= 15 is 0 Å². The fourth-order valence-electron chi connectivity index (χ4n) is 6.57. The molecule has 0 heterocycles. The first-order valence-electron chi connectivity index (χ1n) is 12.9. The highest BCUT2D eigenvalue weighted by atomic mass is 14.5. The van der Waals surface area contributed by atoms with E-state index in [1.807, 2.05) is 0 Å². The minimum atomic E-state index is -0.321. The van der Waals surface area contributed by atoms with Crippen molar-refractivity contribution in [2.75, 3.05) is 0 Å². The Bertz CT molecular complexity index is 1680. The summed E-state index contributed by atoms with van der Waals surface area (Å²) in [5, 5.41) is 2.60. The summed E-state index contributed by atoms with van der Waals surface area (Å²) in [6.07, 6.45) is 9.38. The van der Waals surface area contributed by atoms with Crippen LogP contribution >= 0.6 is 0 Å². The highest BCUT2D eigenvalue weighted by molar-refractivity contribution is 5.99. The summed E-state index contributed by atoms with van der Waals surface area (Å²) in [7, 11) is 0. The topological polar surface area (TPSA) is 0 Å². The van der Waals surface area contributed by atoms with E-state index in [0.29, 0.717) is 0 Å². The summed E-state index contributed by atoms with van der Waals surface area (Å²) in [5.41, 5.74) is 11.8. The van der Waals surface area contributed by atoms with Gasteiger partial charge in [0.05, 0.1) is 5.41 Å². The number of allylic oxidation sites excluding steroid dienone is 4. The molecule has 0 amide bonds. The van der Waals surface area contributed by atoms with Crippen molar-refractivity contribution in [3.05, 3.63) is 155 Å². The molecule has 0 saturated carbocycles. The Labute approximate surface area is 213 Å². The van der Waals surface area contributed by atoms with E-state index in [4.69, 9.17) is 0 Å². The lowest BCUT2D eigenvalue weighted by molar-refractivity contribution is 0.752. The molecule has 172 valence electrons. The van der Waals surface area contributed by atoms with E-state index in [-0.39, 0.29) is 5.41 Å². The van der Waals surface area contributed by atoms with Crippen LogP contribution in [-0.2, 0) is 5.41 Å². The molecule has 0 heteroatoms. The SMILES string of the molecule is Cc1ccc2ccccc2c1-c1ccc2c(c1)C(C1=CCCC=C1)(c1ccccc1)c1ccccc1-2. The van der Waals surface area contributed by atoms with Gasteiger partial charge in [0.15, 0.2) is 0 Å². The monoisotopic (exact) mass is 460 g/mol. The Morgan fingerprint density at radius 1 is 0.639 bits per heavy atom.